The molecule has 0 saturated heterocycles. The van der Waals surface area contributed by atoms with Gasteiger partial charge in [0.05, 0.1) is 0 Å². The first-order chi connectivity index (χ1) is 5.29. The molecule has 0 aromatic rings. The molecule has 0 amide bonds. The zero-order chi connectivity index (χ0) is 7.84. The van der Waals surface area contributed by atoms with Crippen molar-refractivity contribution in [2.45, 2.75) is 25.3 Å². The van der Waals surface area contributed by atoms with Gasteiger partial charge in [-0.25, -0.2) is 0 Å². The third kappa shape index (κ3) is 1.01. The highest BCUT2D eigenvalue weighted by Crippen LogP contribution is 2.27. The molecule has 1 aliphatic heterocycles. The Kier molecular flexibility index (Phi) is 1.56. The van der Waals surface area contributed by atoms with E-state index in [2.05, 4.69) is 5.32 Å². The number of nitrogens with one attached hydrogen (secondary N) is 1. The van der Waals surface area contributed by atoms with Gasteiger partial charge in [-0.2, -0.15) is 0 Å². The highest BCUT2D eigenvalue weighted by atomic mass is 16.3. The average Bonchev–Trinajstić information content (AvgIpc) is 2.30. The van der Waals surface area contributed by atoms with Gasteiger partial charge in [0.2, 0.25) is 0 Å². The van der Waals surface area contributed by atoms with Crippen LogP contribution in [-0.2, 0) is 0 Å². The molecule has 0 aromatic heterocycles. The molecule has 3 heteroatoms. The van der Waals surface area contributed by atoms with E-state index in [1.54, 1.807) is 0 Å². The van der Waals surface area contributed by atoms with Crippen LogP contribution in [-0.4, -0.2) is 22.7 Å². The maximum atomic E-state index is 9.33. The maximum absolute atomic E-state index is 9.33. The van der Waals surface area contributed by atoms with Gasteiger partial charge in [0.25, 0.3) is 0 Å². The number of hydrogen-bond donors (Lipinski definition) is 3. The van der Waals surface area contributed by atoms with E-state index in [-0.39, 0.29) is 0 Å². The molecule has 3 nitrogen and oxygen atoms in total. The highest BCUT2D eigenvalue weighted by molar-refractivity contribution is 5.37. The van der Waals surface area contributed by atoms with Gasteiger partial charge in [-0.3, -0.25) is 5.32 Å². The summed E-state index contributed by atoms with van der Waals surface area (Å²) < 4.78 is 0. The molecule has 0 aromatic carbocycles. The molecule has 0 saturated carbocycles. The zero-order valence-corrected chi connectivity index (χ0v) is 6.12. The van der Waals surface area contributed by atoms with Crippen molar-refractivity contribution in [3.8, 4) is 0 Å². The minimum absolute atomic E-state index is 0.634. The van der Waals surface area contributed by atoms with Gasteiger partial charge >= 0.3 is 0 Å². The predicted octanol–water partition coefficient (Wildman–Crippen LogP) is -0.127. The lowest BCUT2D eigenvalue weighted by molar-refractivity contribution is 0.106. The monoisotopic (exact) mass is 153 g/mol. The van der Waals surface area contributed by atoms with Crippen molar-refractivity contribution in [1.29, 1.82) is 0 Å². The van der Waals surface area contributed by atoms with Crippen LogP contribution in [0.5, 0.6) is 0 Å². The molecule has 1 aliphatic carbocycles. The Bertz CT molecular complexity index is 232. The van der Waals surface area contributed by atoms with Crippen molar-refractivity contribution >= 4 is 0 Å². The summed E-state index contributed by atoms with van der Waals surface area (Å²) in [7, 11) is 0. The lowest BCUT2D eigenvalue weighted by Crippen LogP contribution is -2.31. The standard InChI is InChI=1S/C8H11NO2/c10-7-5-3-1-2-4-6(5)8(11)9-7/h1,3,7-11H,2,4H2. The third-order valence-electron chi connectivity index (χ3n) is 2.19. The second kappa shape index (κ2) is 2.44. The Morgan fingerprint density at radius 3 is 2.91 bits per heavy atom. The van der Waals surface area contributed by atoms with Crippen molar-refractivity contribution in [1.82, 2.24) is 5.32 Å². The number of aliphatic hydroxyl groups is 2. The Hall–Kier alpha value is -0.640. The fourth-order valence-electron chi connectivity index (χ4n) is 1.60. The van der Waals surface area contributed by atoms with Crippen LogP contribution in [0.4, 0.5) is 0 Å². The van der Waals surface area contributed by atoms with Crippen molar-refractivity contribution < 1.29 is 10.2 Å². The lowest BCUT2D eigenvalue weighted by Gasteiger charge is -2.09. The second-order valence-electron chi connectivity index (χ2n) is 2.89. The molecule has 2 rings (SSSR count). The number of allylic oxidation sites excluding steroid dienone is 1. The molecule has 0 spiro atoms. The van der Waals surface area contributed by atoms with E-state index in [1.165, 1.54) is 0 Å². The summed E-state index contributed by atoms with van der Waals surface area (Å²) >= 11 is 0. The minimum atomic E-state index is -0.670. The molecular formula is C8H11NO2. The van der Waals surface area contributed by atoms with Gasteiger partial charge < -0.3 is 10.2 Å². The van der Waals surface area contributed by atoms with Crippen LogP contribution in [0.15, 0.2) is 23.3 Å². The van der Waals surface area contributed by atoms with Crippen molar-refractivity contribution in [2.24, 2.45) is 0 Å². The van der Waals surface area contributed by atoms with Crippen LogP contribution in [0.3, 0.4) is 0 Å². The summed E-state index contributed by atoms with van der Waals surface area (Å²) in [6.07, 6.45) is 4.41. The van der Waals surface area contributed by atoms with E-state index >= 15 is 0 Å². The number of rotatable bonds is 0. The summed E-state index contributed by atoms with van der Waals surface area (Å²) in [6.45, 7) is 0. The summed E-state index contributed by atoms with van der Waals surface area (Å²) in [5.74, 6) is 0. The Labute approximate surface area is 65.0 Å². The third-order valence-corrected chi connectivity index (χ3v) is 2.19. The van der Waals surface area contributed by atoms with Gasteiger partial charge in [0.1, 0.15) is 12.5 Å². The summed E-state index contributed by atoms with van der Waals surface area (Å²) in [4.78, 5) is 0. The fraction of sp³-hybridized carbons (Fsp3) is 0.500. The fourth-order valence-corrected chi connectivity index (χ4v) is 1.60. The van der Waals surface area contributed by atoms with Crippen LogP contribution in [0.1, 0.15) is 12.8 Å². The van der Waals surface area contributed by atoms with Crippen LogP contribution >= 0.6 is 0 Å². The summed E-state index contributed by atoms with van der Waals surface area (Å²) in [5.41, 5.74) is 1.80. The zero-order valence-electron chi connectivity index (χ0n) is 6.12. The highest BCUT2D eigenvalue weighted by Gasteiger charge is 2.29. The first-order valence-corrected chi connectivity index (χ1v) is 3.80. The minimum Gasteiger partial charge on any atom is -0.375 e. The number of hydrogen-bond acceptors (Lipinski definition) is 3. The van der Waals surface area contributed by atoms with E-state index < -0.39 is 12.5 Å². The molecule has 11 heavy (non-hydrogen) atoms. The molecular weight excluding hydrogens is 142 g/mol. The van der Waals surface area contributed by atoms with Gasteiger partial charge in [-0.1, -0.05) is 12.2 Å². The quantitative estimate of drug-likeness (QED) is 0.454. The summed E-state index contributed by atoms with van der Waals surface area (Å²) in [5, 5.41) is 21.3. The van der Waals surface area contributed by atoms with Crippen LogP contribution in [0.2, 0.25) is 0 Å². The summed E-state index contributed by atoms with van der Waals surface area (Å²) in [6, 6.07) is 0. The van der Waals surface area contributed by atoms with Crippen molar-refractivity contribution in [3.63, 3.8) is 0 Å². The Balaban J connectivity index is 2.33. The molecule has 0 bridgehead atoms. The molecule has 1 heterocycles. The maximum Gasteiger partial charge on any atom is 0.133 e. The van der Waals surface area contributed by atoms with Crippen LogP contribution in [0, 0.1) is 0 Å². The SMILES string of the molecule is OC1NC(O)C2=C1C=CCC2. The van der Waals surface area contributed by atoms with Crippen molar-refractivity contribution in [3.05, 3.63) is 23.3 Å². The van der Waals surface area contributed by atoms with Crippen molar-refractivity contribution in [2.75, 3.05) is 0 Å². The Morgan fingerprint density at radius 2 is 2.18 bits per heavy atom. The van der Waals surface area contributed by atoms with Gasteiger partial charge in [-0.15, -0.1) is 0 Å². The van der Waals surface area contributed by atoms with E-state index in [4.69, 9.17) is 0 Å². The topological polar surface area (TPSA) is 52.5 Å². The molecule has 2 aliphatic rings. The van der Waals surface area contributed by atoms with Crippen LogP contribution < -0.4 is 5.32 Å². The number of aliphatic hydroxyl groups excluding tert-OH is 2. The normalized spacial score (nSPS) is 36.2. The van der Waals surface area contributed by atoms with E-state index in [1.807, 2.05) is 12.2 Å². The average molecular weight is 153 g/mol. The molecule has 3 N–H and O–H groups in total. The second-order valence-corrected chi connectivity index (χ2v) is 2.89. The van der Waals surface area contributed by atoms with Crippen LogP contribution in [0.25, 0.3) is 0 Å². The molecule has 60 valence electrons. The van der Waals surface area contributed by atoms with E-state index in [0.29, 0.717) is 0 Å². The van der Waals surface area contributed by atoms with E-state index in [0.717, 1.165) is 24.0 Å². The molecule has 2 unspecified atom stereocenters. The molecule has 2 atom stereocenters. The Morgan fingerprint density at radius 1 is 1.36 bits per heavy atom. The van der Waals surface area contributed by atoms with Gasteiger partial charge in [0, 0.05) is 0 Å². The first-order valence-electron chi connectivity index (χ1n) is 3.80. The largest absolute Gasteiger partial charge is 0.375 e. The lowest BCUT2D eigenvalue weighted by atomic mass is 9.99. The first kappa shape index (κ1) is 7.03. The van der Waals surface area contributed by atoms with Gasteiger partial charge in [-0.05, 0) is 24.0 Å². The van der Waals surface area contributed by atoms with E-state index in [9.17, 15) is 10.2 Å². The van der Waals surface area contributed by atoms with Gasteiger partial charge in [0.15, 0.2) is 0 Å². The smallest absolute Gasteiger partial charge is 0.133 e. The predicted molar refractivity (Wildman–Crippen MR) is 40.5 cm³/mol. The molecule has 0 radical (unpaired) electrons. The molecule has 0 fully saturated rings.